The van der Waals surface area contributed by atoms with Crippen LogP contribution in [-0.4, -0.2) is 17.9 Å². The predicted molar refractivity (Wildman–Crippen MR) is 87.0 cm³/mol. The molecule has 0 aliphatic carbocycles. The topological polar surface area (TPSA) is 72.2 Å². The third kappa shape index (κ3) is 4.19. The number of amides is 2. The van der Waals surface area contributed by atoms with E-state index in [1.54, 1.807) is 6.92 Å². The first kappa shape index (κ1) is 15.8. The zero-order valence-electron chi connectivity index (χ0n) is 12.6. The maximum absolute atomic E-state index is 11.5. The minimum Gasteiger partial charge on any atom is -0.368 e. The third-order valence-electron chi connectivity index (χ3n) is 3.50. The van der Waals surface area contributed by atoms with E-state index in [0.717, 1.165) is 16.7 Å². The van der Waals surface area contributed by atoms with Crippen LogP contribution >= 0.6 is 0 Å². The number of carbonyl (C=O) groups is 2. The summed E-state index contributed by atoms with van der Waals surface area (Å²) in [4.78, 5) is 22.9. The second-order valence-electron chi connectivity index (χ2n) is 5.14. The lowest BCUT2D eigenvalue weighted by atomic mass is 10.0. The van der Waals surface area contributed by atoms with E-state index in [1.807, 2.05) is 54.6 Å². The molecule has 0 aliphatic heterocycles. The first-order chi connectivity index (χ1) is 10.6. The molecule has 0 aliphatic rings. The number of primary amides is 1. The van der Waals surface area contributed by atoms with Gasteiger partial charge in [0.1, 0.15) is 6.04 Å². The smallest absolute Gasteiger partial charge is 0.240 e. The highest BCUT2D eigenvalue weighted by molar-refractivity contribution is 5.86. The maximum Gasteiger partial charge on any atom is 0.240 e. The average molecular weight is 296 g/mol. The molecule has 0 saturated heterocycles. The minimum absolute atomic E-state index is 0.176. The molecule has 0 aromatic heterocycles. The van der Waals surface area contributed by atoms with Gasteiger partial charge in [-0.3, -0.25) is 9.59 Å². The normalized spacial score (nSPS) is 11.7. The first-order valence-corrected chi connectivity index (χ1v) is 7.33. The monoisotopic (exact) mass is 296 g/mol. The Hall–Kier alpha value is -2.62. The zero-order valence-corrected chi connectivity index (χ0v) is 12.6. The van der Waals surface area contributed by atoms with E-state index in [-0.39, 0.29) is 5.91 Å². The Morgan fingerprint density at radius 2 is 1.59 bits per heavy atom. The highest BCUT2D eigenvalue weighted by atomic mass is 16.2. The van der Waals surface area contributed by atoms with Crippen molar-refractivity contribution in [3.8, 4) is 11.1 Å². The van der Waals surface area contributed by atoms with Gasteiger partial charge in [-0.15, -0.1) is 0 Å². The molecule has 3 N–H and O–H groups in total. The summed E-state index contributed by atoms with van der Waals surface area (Å²) < 4.78 is 0. The van der Waals surface area contributed by atoms with Crippen molar-refractivity contribution in [1.82, 2.24) is 5.32 Å². The molecular weight excluding hydrogens is 276 g/mol. The summed E-state index contributed by atoms with van der Waals surface area (Å²) in [6.07, 6.45) is 0.729. The number of carbonyl (C=O) groups excluding carboxylic acids is 2. The van der Waals surface area contributed by atoms with Gasteiger partial charge >= 0.3 is 0 Å². The van der Waals surface area contributed by atoms with Gasteiger partial charge in [0.15, 0.2) is 0 Å². The number of benzene rings is 2. The van der Waals surface area contributed by atoms with E-state index in [9.17, 15) is 9.59 Å². The summed E-state index contributed by atoms with van der Waals surface area (Å²) in [6, 6.07) is 17.3. The molecular formula is C18H20N2O2. The van der Waals surface area contributed by atoms with Crippen molar-refractivity contribution < 1.29 is 9.59 Å². The van der Waals surface area contributed by atoms with Crippen LogP contribution in [0.3, 0.4) is 0 Å². The molecule has 4 nitrogen and oxygen atoms in total. The number of nitrogens with two attached hydrogens (primary N) is 1. The molecule has 114 valence electrons. The van der Waals surface area contributed by atoms with Crippen LogP contribution in [-0.2, 0) is 16.0 Å². The van der Waals surface area contributed by atoms with Gasteiger partial charge in [0.05, 0.1) is 0 Å². The molecule has 1 atom stereocenters. The fourth-order valence-electron chi connectivity index (χ4n) is 2.22. The second-order valence-corrected chi connectivity index (χ2v) is 5.14. The van der Waals surface area contributed by atoms with Gasteiger partial charge in [-0.2, -0.15) is 0 Å². The molecule has 0 radical (unpaired) electrons. The van der Waals surface area contributed by atoms with E-state index in [4.69, 9.17) is 5.73 Å². The molecule has 0 unspecified atom stereocenters. The zero-order chi connectivity index (χ0) is 15.9. The van der Waals surface area contributed by atoms with Crippen LogP contribution in [0.25, 0.3) is 11.1 Å². The lowest BCUT2D eigenvalue weighted by Crippen LogP contribution is -2.45. The molecule has 2 amide bonds. The standard InChI is InChI=1S/C18H20N2O2/c1-2-17(21)20-16(18(19)22)12-13-8-10-15(11-9-13)14-6-4-3-5-7-14/h3-11,16H,2,12H2,1H3,(H2,19,22)(H,20,21)/t16-/m0/s1. The Morgan fingerprint density at radius 3 is 2.14 bits per heavy atom. The fraction of sp³-hybridized carbons (Fsp3) is 0.222. The van der Waals surface area contributed by atoms with Crippen LogP contribution in [0.15, 0.2) is 54.6 Å². The van der Waals surface area contributed by atoms with Gasteiger partial charge in [-0.25, -0.2) is 0 Å². The molecule has 0 fully saturated rings. The summed E-state index contributed by atoms with van der Waals surface area (Å²) in [5, 5.41) is 2.65. The van der Waals surface area contributed by atoms with Crippen molar-refractivity contribution in [2.45, 2.75) is 25.8 Å². The number of rotatable bonds is 6. The summed E-state index contributed by atoms with van der Waals surface area (Å²) in [5.41, 5.74) is 8.56. The summed E-state index contributed by atoms with van der Waals surface area (Å²) in [7, 11) is 0. The molecule has 0 saturated carbocycles. The molecule has 0 bridgehead atoms. The molecule has 2 aromatic rings. The van der Waals surface area contributed by atoms with Gasteiger partial charge < -0.3 is 11.1 Å². The summed E-state index contributed by atoms with van der Waals surface area (Å²) >= 11 is 0. The Balaban J connectivity index is 2.09. The van der Waals surface area contributed by atoms with Crippen molar-refractivity contribution in [2.24, 2.45) is 5.73 Å². The lowest BCUT2D eigenvalue weighted by molar-refractivity contribution is -0.127. The highest BCUT2D eigenvalue weighted by Gasteiger charge is 2.17. The van der Waals surface area contributed by atoms with Crippen molar-refractivity contribution in [3.05, 3.63) is 60.2 Å². The molecule has 22 heavy (non-hydrogen) atoms. The van der Waals surface area contributed by atoms with Gasteiger partial charge in [-0.05, 0) is 16.7 Å². The summed E-state index contributed by atoms with van der Waals surface area (Å²) in [6.45, 7) is 1.74. The summed E-state index contributed by atoms with van der Waals surface area (Å²) in [5.74, 6) is -0.696. The number of nitrogens with one attached hydrogen (secondary N) is 1. The Morgan fingerprint density at radius 1 is 1.00 bits per heavy atom. The van der Waals surface area contributed by atoms with Crippen molar-refractivity contribution in [2.75, 3.05) is 0 Å². The largest absolute Gasteiger partial charge is 0.368 e. The third-order valence-corrected chi connectivity index (χ3v) is 3.50. The van der Waals surface area contributed by atoms with Gasteiger partial charge in [-0.1, -0.05) is 61.5 Å². The van der Waals surface area contributed by atoms with Crippen LogP contribution < -0.4 is 11.1 Å². The molecule has 4 heteroatoms. The minimum atomic E-state index is -0.671. The van der Waals surface area contributed by atoms with Crippen molar-refractivity contribution in [3.63, 3.8) is 0 Å². The predicted octanol–water partition coefficient (Wildman–Crippen LogP) is 2.28. The van der Waals surface area contributed by atoms with E-state index >= 15 is 0 Å². The number of hydrogen-bond acceptors (Lipinski definition) is 2. The van der Waals surface area contributed by atoms with Crippen molar-refractivity contribution >= 4 is 11.8 Å². The lowest BCUT2D eigenvalue weighted by Gasteiger charge is -2.15. The average Bonchev–Trinajstić information content (AvgIpc) is 2.55. The quantitative estimate of drug-likeness (QED) is 0.858. The number of hydrogen-bond donors (Lipinski definition) is 2. The molecule has 0 spiro atoms. The molecule has 2 rings (SSSR count). The van der Waals surface area contributed by atoms with E-state index in [2.05, 4.69) is 5.32 Å². The van der Waals surface area contributed by atoms with E-state index in [0.29, 0.717) is 12.8 Å². The highest BCUT2D eigenvalue weighted by Crippen LogP contribution is 2.19. The first-order valence-electron chi connectivity index (χ1n) is 7.33. The van der Waals surface area contributed by atoms with Crippen LogP contribution in [0.5, 0.6) is 0 Å². The Bertz CT molecular complexity index is 636. The molecule has 0 heterocycles. The Kier molecular flexibility index (Phi) is 5.31. The van der Waals surface area contributed by atoms with Gasteiger partial charge in [0.2, 0.25) is 11.8 Å². The fourth-order valence-corrected chi connectivity index (χ4v) is 2.22. The van der Waals surface area contributed by atoms with Gasteiger partial charge in [0, 0.05) is 12.8 Å². The van der Waals surface area contributed by atoms with Gasteiger partial charge in [0.25, 0.3) is 0 Å². The van der Waals surface area contributed by atoms with Crippen LogP contribution in [0.1, 0.15) is 18.9 Å². The SMILES string of the molecule is CCC(=O)N[C@@H](Cc1ccc(-c2ccccc2)cc1)C(N)=O. The Labute approximate surface area is 130 Å². The van der Waals surface area contributed by atoms with Crippen molar-refractivity contribution in [1.29, 1.82) is 0 Å². The van der Waals surface area contributed by atoms with Crippen LogP contribution in [0.2, 0.25) is 0 Å². The van der Waals surface area contributed by atoms with E-state index < -0.39 is 11.9 Å². The van der Waals surface area contributed by atoms with E-state index in [1.165, 1.54) is 0 Å². The second kappa shape index (κ2) is 7.41. The van der Waals surface area contributed by atoms with Crippen LogP contribution in [0, 0.1) is 0 Å². The van der Waals surface area contributed by atoms with Crippen LogP contribution in [0.4, 0.5) is 0 Å². The maximum atomic E-state index is 11.5. The molecule has 2 aromatic carbocycles.